The van der Waals surface area contributed by atoms with Crippen LogP contribution in [0.1, 0.15) is 43.7 Å². The van der Waals surface area contributed by atoms with Gasteiger partial charge in [0.1, 0.15) is 0 Å². The number of nitrogens with zero attached hydrogens (tertiary/aromatic N) is 3. The zero-order chi connectivity index (χ0) is 18.3. The summed E-state index contributed by atoms with van der Waals surface area (Å²) in [5.74, 6) is 0.164. The highest BCUT2D eigenvalue weighted by Gasteiger charge is 2.62. The zero-order valence-electron chi connectivity index (χ0n) is 15.0. The molecule has 2 N–H and O–H groups in total. The molecule has 2 bridgehead atoms. The van der Waals surface area contributed by atoms with E-state index in [1.807, 2.05) is 12.5 Å². The number of carbonyl (C=O) groups is 1. The third kappa shape index (κ3) is 1.89. The number of aliphatic hydroxyl groups is 1. The molecule has 0 radical (unpaired) electrons. The quantitative estimate of drug-likeness (QED) is 0.814. The van der Waals surface area contributed by atoms with E-state index in [2.05, 4.69) is 33.8 Å². The van der Waals surface area contributed by atoms with Gasteiger partial charge in [-0.05, 0) is 37.7 Å². The molecule has 4 aliphatic rings. The smallest absolute Gasteiger partial charge is 0.407 e. The number of rotatable bonds is 1. The highest BCUT2D eigenvalue weighted by Crippen LogP contribution is 2.62. The minimum Gasteiger partial charge on any atom is -0.465 e. The van der Waals surface area contributed by atoms with Crippen LogP contribution in [0.4, 0.5) is 4.79 Å². The van der Waals surface area contributed by atoms with E-state index in [-0.39, 0.29) is 35.6 Å². The average Bonchev–Trinajstić information content (AvgIpc) is 3.32. The second-order valence-electron chi connectivity index (χ2n) is 8.88. The minimum atomic E-state index is -0.796. The van der Waals surface area contributed by atoms with Gasteiger partial charge in [0.25, 0.3) is 0 Å². The van der Waals surface area contributed by atoms with Gasteiger partial charge in [-0.1, -0.05) is 24.3 Å². The largest absolute Gasteiger partial charge is 0.465 e. The lowest BCUT2D eigenvalue weighted by atomic mass is 9.51. The molecule has 1 saturated carbocycles. The van der Waals surface area contributed by atoms with E-state index in [0.717, 1.165) is 37.8 Å². The number of amides is 1. The van der Waals surface area contributed by atoms with Crippen LogP contribution in [0.15, 0.2) is 36.8 Å². The van der Waals surface area contributed by atoms with Crippen molar-refractivity contribution in [2.75, 3.05) is 0 Å². The third-order valence-electron chi connectivity index (χ3n) is 7.73. The standard InChI is InChI=1S/C21H23N3O3/c25-19-16(9-21(19)7-12-5-6-13(8-21)24(12)20(26)27)18-15-4-2-1-3-14(15)17-10-22-11-23(17)18/h1-4,10-13,16,18-19,25H,5-9H2,(H,26,27)/t12-,13+,16-,18+,19-,21+/m0/s1. The number of fused-ring (bicyclic) bond motifs is 5. The normalized spacial score (nSPS) is 38.6. The molecule has 1 aromatic heterocycles. The Morgan fingerprint density at radius 1 is 1.15 bits per heavy atom. The van der Waals surface area contributed by atoms with Gasteiger partial charge < -0.3 is 19.7 Å². The fourth-order valence-corrected chi connectivity index (χ4v) is 6.69. The van der Waals surface area contributed by atoms with Gasteiger partial charge in [0.05, 0.1) is 30.4 Å². The Kier molecular flexibility index (Phi) is 2.98. The summed E-state index contributed by atoms with van der Waals surface area (Å²) in [6, 6.07) is 8.72. The third-order valence-corrected chi connectivity index (χ3v) is 7.73. The molecule has 3 aliphatic heterocycles. The van der Waals surface area contributed by atoms with Crippen molar-refractivity contribution in [3.05, 3.63) is 42.4 Å². The molecule has 4 heterocycles. The van der Waals surface area contributed by atoms with Gasteiger partial charge in [-0.15, -0.1) is 0 Å². The van der Waals surface area contributed by atoms with E-state index in [9.17, 15) is 15.0 Å². The van der Waals surface area contributed by atoms with E-state index in [0.29, 0.717) is 0 Å². The Labute approximate surface area is 157 Å². The Morgan fingerprint density at radius 3 is 2.59 bits per heavy atom. The number of imidazole rings is 1. The van der Waals surface area contributed by atoms with Crippen LogP contribution in [-0.4, -0.2) is 48.9 Å². The summed E-state index contributed by atoms with van der Waals surface area (Å²) in [5, 5.41) is 20.8. The number of piperidine rings is 1. The Balaban J connectivity index is 1.31. The van der Waals surface area contributed by atoms with Crippen molar-refractivity contribution in [3.8, 4) is 11.3 Å². The molecule has 27 heavy (non-hydrogen) atoms. The highest BCUT2D eigenvalue weighted by atomic mass is 16.4. The van der Waals surface area contributed by atoms with E-state index in [4.69, 9.17) is 0 Å². The first kappa shape index (κ1) is 15.7. The Morgan fingerprint density at radius 2 is 1.89 bits per heavy atom. The molecule has 1 spiro atoms. The lowest BCUT2D eigenvalue weighted by molar-refractivity contribution is -0.166. The van der Waals surface area contributed by atoms with Crippen molar-refractivity contribution in [2.45, 2.75) is 56.3 Å². The predicted octanol–water partition coefficient (Wildman–Crippen LogP) is 3.12. The summed E-state index contributed by atoms with van der Waals surface area (Å²) >= 11 is 0. The molecule has 6 heteroatoms. The summed E-state index contributed by atoms with van der Waals surface area (Å²) in [5.41, 5.74) is 3.51. The SMILES string of the molecule is O=C(O)N1[C@@H]2CC[C@H]1C[C@]1(C[C@@H]([C@H]3c4ccccc4-c4cncn43)[C@@H]1O)C2. The first-order chi connectivity index (χ1) is 13.1. The first-order valence-electron chi connectivity index (χ1n) is 9.89. The first-order valence-corrected chi connectivity index (χ1v) is 9.89. The zero-order valence-corrected chi connectivity index (χ0v) is 15.0. The molecule has 2 saturated heterocycles. The van der Waals surface area contributed by atoms with Gasteiger partial charge in [-0.25, -0.2) is 9.78 Å². The maximum Gasteiger partial charge on any atom is 0.407 e. The summed E-state index contributed by atoms with van der Waals surface area (Å²) in [6.45, 7) is 0. The van der Waals surface area contributed by atoms with Gasteiger partial charge in [-0.2, -0.15) is 0 Å². The number of hydrogen-bond donors (Lipinski definition) is 2. The van der Waals surface area contributed by atoms with Gasteiger partial charge >= 0.3 is 6.09 Å². The average molecular weight is 365 g/mol. The second-order valence-corrected chi connectivity index (χ2v) is 8.88. The number of benzene rings is 1. The molecule has 6 nitrogen and oxygen atoms in total. The van der Waals surface area contributed by atoms with Crippen molar-refractivity contribution >= 4 is 6.09 Å². The van der Waals surface area contributed by atoms with Gasteiger partial charge in [0, 0.05) is 29.0 Å². The Hall–Kier alpha value is -2.34. The molecule has 2 aromatic rings. The minimum absolute atomic E-state index is 0.0801. The number of carboxylic acid groups (broad SMARTS) is 1. The maximum absolute atomic E-state index is 11.6. The fraction of sp³-hybridized carbons (Fsp3) is 0.524. The summed E-state index contributed by atoms with van der Waals surface area (Å²) in [6.07, 6.45) is 7.06. The second kappa shape index (κ2) is 5.13. The molecule has 3 fully saturated rings. The molecule has 6 rings (SSSR count). The maximum atomic E-state index is 11.6. The van der Waals surface area contributed by atoms with Crippen LogP contribution >= 0.6 is 0 Å². The van der Waals surface area contributed by atoms with Crippen molar-refractivity contribution in [2.24, 2.45) is 11.3 Å². The van der Waals surface area contributed by atoms with Crippen LogP contribution in [0.25, 0.3) is 11.3 Å². The van der Waals surface area contributed by atoms with Crippen LogP contribution in [0.3, 0.4) is 0 Å². The summed E-state index contributed by atoms with van der Waals surface area (Å²) < 4.78 is 2.21. The molecular formula is C21H23N3O3. The van der Waals surface area contributed by atoms with Crippen molar-refractivity contribution in [1.82, 2.24) is 14.5 Å². The number of hydrogen-bond acceptors (Lipinski definition) is 3. The molecule has 1 aliphatic carbocycles. The van der Waals surface area contributed by atoms with Gasteiger partial charge in [-0.3, -0.25) is 0 Å². The topological polar surface area (TPSA) is 78.6 Å². The van der Waals surface area contributed by atoms with Gasteiger partial charge in [0.15, 0.2) is 0 Å². The monoisotopic (exact) mass is 365 g/mol. The predicted molar refractivity (Wildman–Crippen MR) is 98.3 cm³/mol. The van der Waals surface area contributed by atoms with E-state index in [1.54, 1.807) is 4.90 Å². The van der Waals surface area contributed by atoms with E-state index >= 15 is 0 Å². The fourth-order valence-electron chi connectivity index (χ4n) is 6.69. The van der Waals surface area contributed by atoms with Crippen molar-refractivity contribution < 1.29 is 15.0 Å². The summed E-state index contributed by atoms with van der Waals surface area (Å²) in [4.78, 5) is 17.6. The number of aromatic nitrogens is 2. The lowest BCUT2D eigenvalue weighted by Gasteiger charge is -2.59. The van der Waals surface area contributed by atoms with E-state index < -0.39 is 6.09 Å². The molecule has 1 amide bonds. The number of aliphatic hydroxyl groups excluding tert-OH is 1. The summed E-state index contributed by atoms with van der Waals surface area (Å²) in [7, 11) is 0. The molecule has 1 aromatic carbocycles. The molecule has 140 valence electrons. The molecule has 6 atom stereocenters. The van der Waals surface area contributed by atoms with Crippen molar-refractivity contribution in [1.29, 1.82) is 0 Å². The van der Waals surface area contributed by atoms with Crippen LogP contribution in [0.2, 0.25) is 0 Å². The highest BCUT2D eigenvalue weighted by molar-refractivity contribution is 5.69. The lowest BCUT2D eigenvalue weighted by Crippen LogP contribution is -2.62. The van der Waals surface area contributed by atoms with E-state index in [1.165, 1.54) is 11.1 Å². The van der Waals surface area contributed by atoms with Crippen LogP contribution < -0.4 is 0 Å². The van der Waals surface area contributed by atoms with Gasteiger partial charge in [0.2, 0.25) is 0 Å². The molecule has 0 unspecified atom stereocenters. The van der Waals surface area contributed by atoms with Crippen LogP contribution in [0, 0.1) is 11.3 Å². The molecular weight excluding hydrogens is 342 g/mol. The van der Waals surface area contributed by atoms with Crippen molar-refractivity contribution in [3.63, 3.8) is 0 Å². The van der Waals surface area contributed by atoms with Crippen LogP contribution in [-0.2, 0) is 0 Å². The Bertz CT molecular complexity index is 924. The van der Waals surface area contributed by atoms with Crippen LogP contribution in [0.5, 0.6) is 0 Å².